The third kappa shape index (κ3) is 3.17. The van der Waals surface area contributed by atoms with Crippen molar-refractivity contribution in [2.45, 2.75) is 32.9 Å². The molecule has 0 saturated carbocycles. The van der Waals surface area contributed by atoms with Crippen LogP contribution in [0.15, 0.2) is 29.2 Å². The molecule has 0 bridgehead atoms. The molecule has 0 spiro atoms. The highest BCUT2D eigenvalue weighted by Gasteiger charge is 2.09. The van der Waals surface area contributed by atoms with Gasteiger partial charge in [0, 0.05) is 23.3 Å². The van der Waals surface area contributed by atoms with Crippen molar-refractivity contribution in [3.63, 3.8) is 0 Å². The zero-order chi connectivity index (χ0) is 12.1. The number of thiazole rings is 1. The van der Waals surface area contributed by atoms with Crippen molar-refractivity contribution in [1.29, 1.82) is 0 Å². The van der Waals surface area contributed by atoms with Gasteiger partial charge in [-0.15, -0.1) is 11.3 Å². The van der Waals surface area contributed by atoms with Gasteiger partial charge < -0.3 is 9.88 Å². The maximum Gasteiger partial charge on any atom is 0.0795 e. The molecule has 0 amide bonds. The van der Waals surface area contributed by atoms with E-state index < -0.39 is 0 Å². The lowest BCUT2D eigenvalue weighted by Gasteiger charge is -2.16. The maximum atomic E-state index is 4.33. The third-order valence-electron chi connectivity index (χ3n) is 2.82. The smallest absolute Gasteiger partial charge is 0.0795 e. The van der Waals surface area contributed by atoms with E-state index in [-0.39, 0.29) is 0 Å². The Kier molecular flexibility index (Phi) is 4.34. The molecular weight excluding hydrogens is 230 g/mol. The van der Waals surface area contributed by atoms with Crippen LogP contribution < -0.4 is 5.32 Å². The van der Waals surface area contributed by atoms with Crippen molar-refractivity contribution in [3.05, 3.63) is 40.6 Å². The van der Waals surface area contributed by atoms with Crippen molar-refractivity contribution < 1.29 is 0 Å². The van der Waals surface area contributed by atoms with Crippen LogP contribution in [-0.4, -0.2) is 16.1 Å². The van der Waals surface area contributed by atoms with Crippen LogP contribution >= 0.6 is 11.3 Å². The first kappa shape index (κ1) is 12.3. The maximum absolute atomic E-state index is 4.33. The summed E-state index contributed by atoms with van der Waals surface area (Å²) in [6, 6.07) is 4.68. The third-order valence-corrected chi connectivity index (χ3v) is 3.46. The molecule has 92 valence electrons. The predicted molar refractivity (Wildman–Crippen MR) is 72.4 cm³/mol. The molecular formula is C13H19N3S. The summed E-state index contributed by atoms with van der Waals surface area (Å²) in [5.74, 6) is 0. The average molecular weight is 249 g/mol. The normalized spacial score (nSPS) is 12.8. The van der Waals surface area contributed by atoms with Crippen molar-refractivity contribution in [2.24, 2.45) is 0 Å². The van der Waals surface area contributed by atoms with Crippen LogP contribution in [0.5, 0.6) is 0 Å². The van der Waals surface area contributed by atoms with E-state index in [9.17, 15) is 0 Å². The van der Waals surface area contributed by atoms with E-state index in [0.29, 0.717) is 6.04 Å². The Morgan fingerprint density at radius 1 is 1.53 bits per heavy atom. The molecule has 1 atom stereocenters. The molecule has 4 heteroatoms. The fraction of sp³-hybridized carbons (Fsp3) is 0.462. The second-order valence-electron chi connectivity index (χ2n) is 4.22. The summed E-state index contributed by atoms with van der Waals surface area (Å²) in [6.45, 7) is 6.32. The van der Waals surface area contributed by atoms with Gasteiger partial charge in [0.25, 0.3) is 0 Å². The van der Waals surface area contributed by atoms with Gasteiger partial charge in [0.15, 0.2) is 0 Å². The van der Waals surface area contributed by atoms with E-state index in [4.69, 9.17) is 0 Å². The fourth-order valence-electron chi connectivity index (χ4n) is 1.92. The lowest BCUT2D eigenvalue weighted by molar-refractivity contribution is 0.533. The molecule has 0 saturated heterocycles. The number of hydrogen-bond donors (Lipinski definition) is 1. The molecule has 17 heavy (non-hydrogen) atoms. The summed E-state index contributed by atoms with van der Waals surface area (Å²) in [7, 11) is 0. The summed E-state index contributed by atoms with van der Waals surface area (Å²) in [5.41, 5.74) is 4.35. The van der Waals surface area contributed by atoms with Gasteiger partial charge in [-0.05, 0) is 32.0 Å². The first-order chi connectivity index (χ1) is 8.31. The van der Waals surface area contributed by atoms with E-state index in [2.05, 4.69) is 52.4 Å². The van der Waals surface area contributed by atoms with Crippen LogP contribution in [0.25, 0.3) is 0 Å². The molecule has 2 aromatic heterocycles. The molecule has 0 fully saturated rings. The van der Waals surface area contributed by atoms with Gasteiger partial charge in [-0.1, -0.05) is 6.92 Å². The van der Waals surface area contributed by atoms with Gasteiger partial charge >= 0.3 is 0 Å². The molecule has 0 aliphatic rings. The van der Waals surface area contributed by atoms with Crippen molar-refractivity contribution in [3.8, 4) is 0 Å². The first-order valence-electron chi connectivity index (χ1n) is 6.06. The quantitative estimate of drug-likeness (QED) is 0.852. The van der Waals surface area contributed by atoms with E-state index in [1.165, 1.54) is 5.69 Å². The Hall–Kier alpha value is -1.13. The van der Waals surface area contributed by atoms with Gasteiger partial charge in [0.2, 0.25) is 0 Å². The highest BCUT2D eigenvalue weighted by Crippen LogP contribution is 2.15. The molecule has 1 unspecified atom stereocenters. The monoisotopic (exact) mass is 249 g/mol. The summed E-state index contributed by atoms with van der Waals surface area (Å²) in [5, 5.41) is 5.62. The van der Waals surface area contributed by atoms with Crippen molar-refractivity contribution >= 4 is 11.3 Å². The Labute approximate surface area is 107 Å². The summed E-state index contributed by atoms with van der Waals surface area (Å²) in [4.78, 5) is 4.33. The van der Waals surface area contributed by atoms with Gasteiger partial charge in [-0.25, -0.2) is 4.98 Å². The molecule has 2 heterocycles. The summed E-state index contributed by atoms with van der Waals surface area (Å²) >= 11 is 1.65. The summed E-state index contributed by atoms with van der Waals surface area (Å²) < 4.78 is 2.27. The Morgan fingerprint density at radius 3 is 3.12 bits per heavy atom. The highest BCUT2D eigenvalue weighted by atomic mass is 32.1. The number of nitrogens with one attached hydrogen (secondary N) is 1. The Bertz CT molecular complexity index is 433. The second-order valence-corrected chi connectivity index (χ2v) is 4.94. The predicted octanol–water partition coefficient (Wildman–Crippen LogP) is 3.05. The molecule has 2 aromatic rings. The molecule has 2 rings (SSSR count). The van der Waals surface area contributed by atoms with Crippen LogP contribution in [0.2, 0.25) is 0 Å². The number of hydrogen-bond acceptors (Lipinski definition) is 3. The minimum Gasteiger partial charge on any atom is -0.344 e. The number of nitrogens with zero attached hydrogens (tertiary/aromatic N) is 2. The number of aromatic nitrogens is 2. The van der Waals surface area contributed by atoms with Gasteiger partial charge in [0.05, 0.1) is 17.7 Å². The van der Waals surface area contributed by atoms with Crippen LogP contribution in [0.4, 0.5) is 0 Å². The molecule has 0 aromatic carbocycles. The molecule has 0 radical (unpaired) electrons. The largest absolute Gasteiger partial charge is 0.344 e. The number of rotatable bonds is 6. The fourth-order valence-corrected chi connectivity index (χ4v) is 2.47. The standard InChI is InChI=1S/C13H19N3S/c1-3-6-14-11(2)13-5-4-7-16(13)8-12-9-17-10-15-12/h4-5,7,9-11,14H,3,6,8H2,1-2H3. The topological polar surface area (TPSA) is 29.9 Å². The SMILES string of the molecule is CCCNC(C)c1cccn1Cc1cscn1. The summed E-state index contributed by atoms with van der Waals surface area (Å²) in [6.07, 6.45) is 3.29. The lowest BCUT2D eigenvalue weighted by Crippen LogP contribution is -2.22. The van der Waals surface area contributed by atoms with E-state index in [1.54, 1.807) is 11.3 Å². The molecule has 0 aliphatic carbocycles. The minimum absolute atomic E-state index is 0.392. The second kappa shape index (κ2) is 5.98. The minimum atomic E-state index is 0.392. The van der Waals surface area contributed by atoms with Gasteiger partial charge in [0.1, 0.15) is 0 Å². The van der Waals surface area contributed by atoms with Crippen LogP contribution in [0.3, 0.4) is 0 Å². The highest BCUT2D eigenvalue weighted by molar-refractivity contribution is 7.07. The van der Waals surface area contributed by atoms with E-state index in [0.717, 1.165) is 25.2 Å². The zero-order valence-corrected chi connectivity index (χ0v) is 11.2. The van der Waals surface area contributed by atoms with Gasteiger partial charge in [-0.2, -0.15) is 0 Å². The van der Waals surface area contributed by atoms with Crippen molar-refractivity contribution in [2.75, 3.05) is 6.54 Å². The average Bonchev–Trinajstić information content (AvgIpc) is 2.97. The first-order valence-corrected chi connectivity index (χ1v) is 7.01. The van der Waals surface area contributed by atoms with Crippen molar-refractivity contribution in [1.82, 2.24) is 14.9 Å². The zero-order valence-electron chi connectivity index (χ0n) is 10.4. The molecule has 1 N–H and O–H groups in total. The molecule has 3 nitrogen and oxygen atoms in total. The van der Waals surface area contributed by atoms with Gasteiger partial charge in [-0.3, -0.25) is 0 Å². The lowest BCUT2D eigenvalue weighted by atomic mass is 10.2. The van der Waals surface area contributed by atoms with Crippen LogP contribution in [0.1, 0.15) is 37.7 Å². The van der Waals surface area contributed by atoms with Crippen LogP contribution in [0, 0.1) is 0 Å². The molecule has 0 aliphatic heterocycles. The van der Waals surface area contributed by atoms with E-state index >= 15 is 0 Å². The van der Waals surface area contributed by atoms with E-state index in [1.807, 2.05) is 5.51 Å². The Balaban J connectivity index is 2.06. The Morgan fingerprint density at radius 2 is 2.41 bits per heavy atom. The van der Waals surface area contributed by atoms with Crippen LogP contribution in [-0.2, 0) is 6.54 Å².